The van der Waals surface area contributed by atoms with E-state index in [9.17, 15) is 8.42 Å². The minimum Gasteiger partial charge on any atom is -0.380 e. The van der Waals surface area contributed by atoms with Gasteiger partial charge in [-0.05, 0) is 48.9 Å². The molecular formula is C22H27N3O4S. The summed E-state index contributed by atoms with van der Waals surface area (Å²) in [5.41, 5.74) is 2.56. The predicted molar refractivity (Wildman–Crippen MR) is 113 cm³/mol. The zero-order valence-corrected chi connectivity index (χ0v) is 17.8. The Bertz CT molecular complexity index is 994. The van der Waals surface area contributed by atoms with Crippen LogP contribution < -0.4 is 4.90 Å². The smallest absolute Gasteiger partial charge is 0.183 e. The quantitative estimate of drug-likeness (QED) is 0.698. The van der Waals surface area contributed by atoms with Crippen LogP contribution in [0.1, 0.15) is 25.1 Å². The van der Waals surface area contributed by atoms with Crippen LogP contribution in [-0.2, 0) is 25.7 Å². The minimum atomic E-state index is -3.47. The molecule has 3 fully saturated rings. The Kier molecular flexibility index (Phi) is 5.47. The summed E-state index contributed by atoms with van der Waals surface area (Å²) >= 11 is 0. The highest BCUT2D eigenvalue weighted by atomic mass is 32.2. The summed E-state index contributed by atoms with van der Waals surface area (Å²) in [6.07, 6.45) is 7.63. The summed E-state index contributed by atoms with van der Waals surface area (Å²) in [6, 6.07) is 5.59. The van der Waals surface area contributed by atoms with Crippen molar-refractivity contribution in [3.63, 3.8) is 0 Å². The van der Waals surface area contributed by atoms with E-state index >= 15 is 0 Å². The van der Waals surface area contributed by atoms with Crippen molar-refractivity contribution in [3.8, 4) is 11.1 Å². The lowest BCUT2D eigenvalue weighted by Crippen LogP contribution is -2.36. The van der Waals surface area contributed by atoms with Crippen LogP contribution in [0.2, 0.25) is 0 Å². The molecule has 0 spiro atoms. The first-order valence-electron chi connectivity index (χ1n) is 10.7. The van der Waals surface area contributed by atoms with Gasteiger partial charge >= 0.3 is 0 Å². The van der Waals surface area contributed by atoms with Gasteiger partial charge in [0.15, 0.2) is 9.84 Å². The molecule has 1 aromatic heterocycles. The maximum Gasteiger partial charge on any atom is 0.183 e. The second-order valence-electron chi connectivity index (χ2n) is 8.38. The molecular weight excluding hydrogens is 402 g/mol. The van der Waals surface area contributed by atoms with Gasteiger partial charge in [0.2, 0.25) is 0 Å². The summed E-state index contributed by atoms with van der Waals surface area (Å²) in [4.78, 5) is 11.6. The Morgan fingerprint density at radius 3 is 2.37 bits per heavy atom. The van der Waals surface area contributed by atoms with Gasteiger partial charge in [0.1, 0.15) is 5.82 Å². The summed E-state index contributed by atoms with van der Waals surface area (Å²) in [5, 5.41) is -0.484. The number of sulfone groups is 1. The number of hydrogen-bond acceptors (Lipinski definition) is 7. The van der Waals surface area contributed by atoms with Gasteiger partial charge in [-0.1, -0.05) is 0 Å². The molecule has 3 aliphatic rings. The highest BCUT2D eigenvalue weighted by Crippen LogP contribution is 2.33. The van der Waals surface area contributed by atoms with Crippen LogP contribution in [0.4, 0.5) is 5.69 Å². The van der Waals surface area contributed by atoms with Crippen molar-refractivity contribution in [2.24, 2.45) is 5.92 Å². The van der Waals surface area contributed by atoms with E-state index in [1.54, 1.807) is 12.1 Å². The number of rotatable bonds is 6. The average molecular weight is 430 g/mol. The largest absolute Gasteiger partial charge is 0.380 e. The first kappa shape index (κ1) is 19.9. The Balaban J connectivity index is 1.51. The van der Waals surface area contributed by atoms with Crippen molar-refractivity contribution < 1.29 is 17.9 Å². The van der Waals surface area contributed by atoms with Gasteiger partial charge in [0.05, 0.1) is 30.0 Å². The number of ether oxygens (including phenoxy) is 2. The molecule has 0 amide bonds. The first-order valence-corrected chi connectivity index (χ1v) is 12.2. The van der Waals surface area contributed by atoms with Crippen molar-refractivity contribution in [1.82, 2.24) is 9.97 Å². The molecule has 8 heteroatoms. The number of nitrogens with zero attached hydrogens (tertiary/aromatic N) is 3. The van der Waals surface area contributed by atoms with E-state index in [4.69, 9.17) is 9.47 Å². The number of aromatic nitrogens is 2. The number of benzene rings is 1. The predicted octanol–water partition coefficient (Wildman–Crippen LogP) is 2.50. The van der Waals surface area contributed by atoms with Gasteiger partial charge in [-0.15, -0.1) is 0 Å². The molecule has 160 valence electrons. The van der Waals surface area contributed by atoms with Gasteiger partial charge in [-0.2, -0.15) is 0 Å². The fourth-order valence-electron chi connectivity index (χ4n) is 4.06. The molecule has 0 bridgehead atoms. The van der Waals surface area contributed by atoms with Gasteiger partial charge in [-0.3, -0.25) is 0 Å². The van der Waals surface area contributed by atoms with E-state index in [0.717, 1.165) is 48.1 Å². The van der Waals surface area contributed by atoms with Crippen molar-refractivity contribution >= 4 is 15.5 Å². The van der Waals surface area contributed by atoms with Crippen molar-refractivity contribution in [2.75, 3.05) is 44.4 Å². The fraction of sp³-hybridized carbons (Fsp3) is 0.545. The topological polar surface area (TPSA) is 81.6 Å². The summed E-state index contributed by atoms with van der Waals surface area (Å²) < 4.78 is 37.4. The molecule has 7 nitrogen and oxygen atoms in total. The third kappa shape index (κ3) is 4.22. The molecule has 2 saturated heterocycles. The van der Waals surface area contributed by atoms with Crippen LogP contribution >= 0.6 is 0 Å². The van der Waals surface area contributed by atoms with E-state index in [0.29, 0.717) is 31.1 Å². The van der Waals surface area contributed by atoms with Gasteiger partial charge in [0, 0.05) is 49.8 Å². The van der Waals surface area contributed by atoms with E-state index in [-0.39, 0.29) is 6.61 Å². The molecule has 0 N–H and O–H groups in total. The Morgan fingerprint density at radius 1 is 0.933 bits per heavy atom. The monoisotopic (exact) mass is 429 g/mol. The Morgan fingerprint density at radius 2 is 1.70 bits per heavy atom. The second kappa shape index (κ2) is 8.24. The molecule has 3 heterocycles. The lowest BCUT2D eigenvalue weighted by atomic mass is 10.1. The summed E-state index contributed by atoms with van der Waals surface area (Å²) in [6.45, 7) is 3.52. The Labute approximate surface area is 177 Å². The van der Waals surface area contributed by atoms with E-state index in [2.05, 4.69) is 14.9 Å². The minimum absolute atomic E-state index is 0.262. The lowest BCUT2D eigenvalue weighted by molar-refractivity contribution is 0.122. The molecule has 1 aromatic carbocycles. The molecule has 0 radical (unpaired) electrons. The first-order chi connectivity index (χ1) is 14.6. The molecule has 2 aliphatic heterocycles. The molecule has 5 rings (SSSR count). The molecule has 30 heavy (non-hydrogen) atoms. The summed E-state index contributed by atoms with van der Waals surface area (Å²) in [5.74, 6) is 1.59. The third-order valence-corrected chi connectivity index (χ3v) is 8.27. The summed E-state index contributed by atoms with van der Waals surface area (Å²) in [7, 11) is -3.47. The van der Waals surface area contributed by atoms with Crippen molar-refractivity contribution in [2.45, 2.75) is 35.8 Å². The molecule has 2 aromatic rings. The van der Waals surface area contributed by atoms with Crippen LogP contribution in [0.5, 0.6) is 0 Å². The zero-order chi connectivity index (χ0) is 20.6. The second-order valence-corrected chi connectivity index (χ2v) is 10.6. The highest BCUT2D eigenvalue weighted by molar-refractivity contribution is 7.92. The van der Waals surface area contributed by atoms with Crippen LogP contribution in [0.25, 0.3) is 11.1 Å². The Hall–Kier alpha value is -2.03. The van der Waals surface area contributed by atoms with Gasteiger partial charge in [-0.25, -0.2) is 18.4 Å². The molecule has 1 saturated carbocycles. The normalized spacial score (nSPS) is 22.4. The van der Waals surface area contributed by atoms with E-state index < -0.39 is 15.1 Å². The average Bonchev–Trinajstić information content (AvgIpc) is 3.41. The van der Waals surface area contributed by atoms with E-state index in [1.165, 1.54) is 12.8 Å². The highest BCUT2D eigenvalue weighted by Gasteiger charge is 2.32. The van der Waals surface area contributed by atoms with E-state index in [1.807, 2.05) is 18.5 Å². The maximum atomic E-state index is 13.3. The molecule has 1 atom stereocenters. The third-order valence-electron chi connectivity index (χ3n) is 6.13. The fourth-order valence-corrected chi connectivity index (χ4v) is 5.70. The van der Waals surface area contributed by atoms with Gasteiger partial charge < -0.3 is 14.4 Å². The van der Waals surface area contributed by atoms with Crippen LogP contribution in [-0.4, -0.2) is 63.2 Å². The van der Waals surface area contributed by atoms with Crippen LogP contribution in [0.15, 0.2) is 35.5 Å². The van der Waals surface area contributed by atoms with Crippen molar-refractivity contribution in [3.05, 3.63) is 36.4 Å². The van der Waals surface area contributed by atoms with Crippen LogP contribution in [0, 0.1) is 5.92 Å². The zero-order valence-electron chi connectivity index (χ0n) is 17.0. The molecule has 1 aliphatic carbocycles. The number of hydrogen-bond donors (Lipinski definition) is 0. The standard InChI is InChI=1S/C22H27N3O4S/c26-30(27,20-3-6-29-15-20)21-11-17(10-19(12-21)25-4-7-28-8-5-25)18-13-23-22(24-14-18)9-16-1-2-16/h10-14,16,20H,1-9,15H2. The van der Waals surface area contributed by atoms with Crippen molar-refractivity contribution in [1.29, 1.82) is 0 Å². The number of anilines is 1. The molecule has 1 unspecified atom stereocenters. The number of morpholine rings is 1. The SMILES string of the molecule is O=S(=O)(c1cc(-c2cnc(CC3CC3)nc2)cc(N2CCOCC2)c1)C1CCOC1. The lowest BCUT2D eigenvalue weighted by Gasteiger charge is -2.29. The maximum absolute atomic E-state index is 13.3. The van der Waals surface area contributed by atoms with Crippen LogP contribution in [0.3, 0.4) is 0 Å². The van der Waals surface area contributed by atoms with Gasteiger partial charge in [0.25, 0.3) is 0 Å².